The van der Waals surface area contributed by atoms with E-state index in [0.29, 0.717) is 0 Å². The van der Waals surface area contributed by atoms with Crippen molar-refractivity contribution in [1.29, 1.82) is 0 Å². The van der Waals surface area contributed by atoms with Crippen LogP contribution in [0.1, 0.15) is 27.7 Å². The minimum Gasteiger partial charge on any atom is -0.394 e. The number of carbonyl (C=O) groups excluding carboxylic acids is 3. The molecule has 0 spiro atoms. The minimum absolute atomic E-state index is 0.790. The van der Waals surface area contributed by atoms with Crippen molar-refractivity contribution < 1.29 is 198 Å². The van der Waals surface area contributed by atoms with E-state index in [9.17, 15) is 127 Å². The molecule has 0 aliphatic carbocycles. The lowest BCUT2D eigenvalue weighted by molar-refractivity contribution is -0.389. The number of rotatable bonds is 24. The molecule has 43 nitrogen and oxygen atoms in total. The van der Waals surface area contributed by atoms with Crippen molar-refractivity contribution in [3.8, 4) is 0 Å². The lowest BCUT2D eigenvalue weighted by atomic mass is 9.93. The van der Waals surface area contributed by atoms with Crippen LogP contribution >= 0.6 is 0 Å². The summed E-state index contributed by atoms with van der Waals surface area (Å²) in [5, 5.41) is 247. The Bertz CT molecular complexity index is 2490. The minimum atomic E-state index is -2.39. The molecule has 0 unspecified atom stereocenters. The molecule has 0 aromatic rings. The third-order valence-electron chi connectivity index (χ3n) is 17.8. The van der Waals surface area contributed by atoms with E-state index in [1.165, 1.54) is 6.92 Å². The van der Waals surface area contributed by atoms with Crippen LogP contribution in [0, 0.1) is 0 Å². The molecule has 8 saturated heterocycles. The van der Waals surface area contributed by atoms with Gasteiger partial charge in [-0.15, -0.1) is 0 Å². The van der Waals surface area contributed by atoms with E-state index in [-0.39, 0.29) is 0 Å². The van der Waals surface area contributed by atoms with Crippen molar-refractivity contribution >= 4 is 17.7 Å². The number of nitrogens with one attached hydrogen (secondary N) is 3. The van der Waals surface area contributed by atoms with Gasteiger partial charge >= 0.3 is 0 Å². The van der Waals surface area contributed by atoms with Crippen molar-refractivity contribution in [3.63, 3.8) is 0 Å². The largest absolute Gasteiger partial charge is 0.394 e. The monoisotopic (exact) mass is 1420 g/mol. The normalized spacial score (nSPS) is 49.9. The average Bonchev–Trinajstić information content (AvgIpc) is 0.777. The first-order chi connectivity index (χ1) is 45.8. The van der Waals surface area contributed by atoms with Gasteiger partial charge < -0.3 is 199 Å². The van der Waals surface area contributed by atoms with E-state index in [4.69, 9.17) is 71.1 Å². The summed E-state index contributed by atoms with van der Waals surface area (Å²) in [5.41, 5.74) is 0. The van der Waals surface area contributed by atoms with Gasteiger partial charge in [-0.1, -0.05) is 0 Å². The van der Waals surface area contributed by atoms with Crippen molar-refractivity contribution in [2.24, 2.45) is 0 Å². The molecule has 8 heterocycles. The van der Waals surface area contributed by atoms with Crippen LogP contribution in [-0.4, -0.2) is 422 Å². The van der Waals surface area contributed by atoms with E-state index in [2.05, 4.69) is 16.0 Å². The molecule has 8 aliphatic heterocycles. The van der Waals surface area contributed by atoms with Gasteiger partial charge in [-0.05, 0) is 6.92 Å². The lowest BCUT2D eigenvalue weighted by Crippen LogP contribution is -2.70. The van der Waals surface area contributed by atoms with Crippen molar-refractivity contribution in [3.05, 3.63) is 0 Å². The highest BCUT2D eigenvalue weighted by molar-refractivity contribution is 5.74. The Hall–Kier alpha value is -3.07. The standard InChI is InChI=1S/C54H91N3O40/c1-12-26(66)34(74)38(78)50(85-12)83-11-22-44(31(71)23(47(82)86-22)55-13(2)63)93-48-24(56-14(3)64)32(72)43(20(9-62)90-48)95-53-41(81)45(96-52-40(80)36(76)28(68)17(6-59)88-52)30(70)21(92-53)10-84-54-46(37(77)29(69)18(7-60)89-54)97-49-25(57-15(4)65)33(73)42(19(8-61)91-49)94-51-39(79)35(75)27(67)16(5-58)87-51/h12,16-54,58-62,66-82H,5-11H2,1-4H3,(H,55,63)(H,56,64)(H,57,65)/t12-,16+,17+,18+,19+,20+,21+,22+,23+,24+,25+,26+,27+,28+,29+,30+,31+,32+,33+,34+,35-,36-,37-,38-,39+,40-,41-,42+,43+,44+,45-,46-,47+,48-,49-,50+,51+,52+,53-,54-/m0/s1. The molecule has 0 bridgehead atoms. The number of carbonyl (C=O) groups is 3. The van der Waals surface area contributed by atoms with Crippen LogP contribution in [0.5, 0.6) is 0 Å². The van der Waals surface area contributed by atoms with Gasteiger partial charge in [-0.2, -0.15) is 0 Å². The summed E-state index contributed by atoms with van der Waals surface area (Å²) in [4.78, 5) is 38.0. The Morgan fingerprint density at radius 1 is 0.289 bits per heavy atom. The first kappa shape index (κ1) is 79.6. The highest BCUT2D eigenvalue weighted by atomic mass is 16.8. The maximum atomic E-state index is 13.0. The van der Waals surface area contributed by atoms with E-state index < -0.39 is 309 Å². The van der Waals surface area contributed by atoms with Crippen LogP contribution in [0.3, 0.4) is 0 Å². The molecule has 0 saturated carbocycles. The van der Waals surface area contributed by atoms with Crippen LogP contribution in [0.2, 0.25) is 0 Å². The van der Waals surface area contributed by atoms with Gasteiger partial charge in [-0.25, -0.2) is 0 Å². The zero-order valence-corrected chi connectivity index (χ0v) is 52.2. The topological polar surface area (TPSA) is 671 Å². The Morgan fingerprint density at radius 3 is 1.08 bits per heavy atom. The molecule has 40 atom stereocenters. The second-order valence-corrected chi connectivity index (χ2v) is 24.6. The molecule has 8 aliphatic rings. The van der Waals surface area contributed by atoms with Crippen LogP contribution in [0.4, 0.5) is 0 Å². The van der Waals surface area contributed by atoms with Gasteiger partial charge in [0.25, 0.3) is 0 Å². The van der Waals surface area contributed by atoms with Crippen molar-refractivity contribution in [1.82, 2.24) is 16.0 Å². The van der Waals surface area contributed by atoms with Gasteiger partial charge in [-0.3, -0.25) is 14.4 Å². The first-order valence-corrected chi connectivity index (χ1v) is 31.0. The molecule has 43 heteroatoms. The van der Waals surface area contributed by atoms with E-state index in [1.54, 1.807) is 0 Å². The van der Waals surface area contributed by atoms with Gasteiger partial charge in [0.05, 0.1) is 52.4 Å². The molecule has 0 radical (unpaired) electrons. The van der Waals surface area contributed by atoms with E-state index >= 15 is 0 Å². The Balaban J connectivity index is 1.07. The Morgan fingerprint density at radius 2 is 0.619 bits per heavy atom. The lowest BCUT2D eigenvalue weighted by Gasteiger charge is -2.50. The SMILES string of the molecule is CC(=O)N[C@@H]1[C@@H](O)[C@H](O[C@@H]2O[C@H](CO)[C@@H](O[C@@H]3O[C@H](CO[C@H]4O[C@H](CO)[C@@H](O)[C@H](O)[C@@H]4O[C@@H]4O[C@H](CO)[C@@H](O[C@H]5O[C@H](CO)[C@@H](O)[C@H](O)[C@H]5O)[C@H](O)[C@H]4NC(C)=O)[C@@H](O)[C@H](O[C@H]4O[C@H](CO)[C@@H](O)[C@H](O)[C@@H]4O)[C@@H]3O)[C@H](O)[C@H]2NC(C)=O)[C@@H](CO[C@@H]2O[C@@H](C)[C@@H](O)[C@@H](O)[C@@H]2O)O[C@H]1O. The fourth-order valence-electron chi connectivity index (χ4n) is 12.4. The Kier molecular flexibility index (Phi) is 28.3. The molecule has 97 heavy (non-hydrogen) atoms. The van der Waals surface area contributed by atoms with E-state index in [1.807, 2.05) is 0 Å². The maximum absolute atomic E-state index is 13.0. The summed E-state index contributed by atoms with van der Waals surface area (Å²) in [5.74, 6) is -2.60. The third-order valence-corrected chi connectivity index (χ3v) is 17.8. The second kappa shape index (κ2) is 34.5. The maximum Gasteiger partial charge on any atom is 0.217 e. The predicted octanol–water partition coefficient (Wildman–Crippen LogP) is -17.0. The number of ether oxygens (including phenoxy) is 15. The van der Waals surface area contributed by atoms with Gasteiger partial charge in [0.15, 0.2) is 50.3 Å². The summed E-state index contributed by atoms with van der Waals surface area (Å²) in [6, 6.07) is -5.42. The fraction of sp³-hybridized carbons (Fsp3) is 0.944. The Labute approximate surface area is 549 Å². The molecule has 8 fully saturated rings. The molecule has 3 amide bonds. The molecule has 8 rings (SSSR count). The summed E-state index contributed by atoms with van der Waals surface area (Å²) >= 11 is 0. The van der Waals surface area contributed by atoms with Crippen LogP contribution in [-0.2, 0) is 85.4 Å². The quantitative estimate of drug-likeness (QED) is 0.0427. The summed E-state index contributed by atoms with van der Waals surface area (Å²) in [6.45, 7) is -2.76. The summed E-state index contributed by atoms with van der Waals surface area (Å²) in [7, 11) is 0. The molecular weight excluding hydrogens is 1330 g/mol. The molecule has 0 aromatic heterocycles. The second-order valence-electron chi connectivity index (χ2n) is 24.6. The van der Waals surface area contributed by atoms with Gasteiger partial charge in [0, 0.05) is 20.8 Å². The molecule has 0 aromatic carbocycles. The smallest absolute Gasteiger partial charge is 0.217 e. The highest BCUT2D eigenvalue weighted by Gasteiger charge is 2.59. The van der Waals surface area contributed by atoms with Gasteiger partial charge in [0.2, 0.25) is 17.7 Å². The number of aliphatic hydroxyl groups is 22. The van der Waals surface area contributed by atoms with Gasteiger partial charge in [0.1, 0.15) is 189 Å². The molecule has 562 valence electrons. The molecular formula is C54H91N3O40. The summed E-state index contributed by atoms with van der Waals surface area (Å²) < 4.78 is 87.6. The zero-order chi connectivity index (χ0) is 71.5. The van der Waals surface area contributed by atoms with Crippen LogP contribution < -0.4 is 16.0 Å². The zero-order valence-electron chi connectivity index (χ0n) is 52.2. The number of hydrogen-bond acceptors (Lipinski definition) is 40. The number of amides is 3. The van der Waals surface area contributed by atoms with Crippen LogP contribution in [0.25, 0.3) is 0 Å². The van der Waals surface area contributed by atoms with Crippen LogP contribution in [0.15, 0.2) is 0 Å². The number of aliphatic hydroxyl groups excluding tert-OH is 22. The third kappa shape index (κ3) is 17.6. The van der Waals surface area contributed by atoms with Crippen molar-refractivity contribution in [2.45, 2.75) is 273 Å². The number of hydrogen-bond donors (Lipinski definition) is 25. The first-order valence-electron chi connectivity index (χ1n) is 31.0. The van der Waals surface area contributed by atoms with Crippen molar-refractivity contribution in [2.75, 3.05) is 46.2 Å². The predicted molar refractivity (Wildman–Crippen MR) is 298 cm³/mol. The molecule has 25 N–H and O–H groups in total. The summed E-state index contributed by atoms with van der Waals surface area (Å²) in [6.07, 6.45) is -72.4. The average molecular weight is 1420 g/mol. The highest BCUT2D eigenvalue weighted by Crippen LogP contribution is 2.38. The fourth-order valence-corrected chi connectivity index (χ4v) is 12.4. The van der Waals surface area contributed by atoms with E-state index in [0.717, 1.165) is 20.8 Å².